The van der Waals surface area contributed by atoms with Gasteiger partial charge in [0, 0.05) is 18.0 Å². The number of halogens is 1. The van der Waals surface area contributed by atoms with Gasteiger partial charge in [0.1, 0.15) is 17.3 Å². The second kappa shape index (κ2) is 6.01. The molecular weight excluding hydrogens is 312 g/mol. The molecule has 0 spiro atoms. The van der Waals surface area contributed by atoms with Gasteiger partial charge >= 0.3 is 0 Å². The summed E-state index contributed by atoms with van der Waals surface area (Å²) in [7, 11) is -3.86. The van der Waals surface area contributed by atoms with E-state index < -0.39 is 10.0 Å². The third-order valence-electron chi connectivity index (χ3n) is 2.92. The molecule has 0 bridgehead atoms. The minimum Gasteiger partial charge on any atom is -0.487 e. The Morgan fingerprint density at radius 2 is 2.05 bits per heavy atom. The van der Waals surface area contributed by atoms with Gasteiger partial charge in [-0.2, -0.15) is 0 Å². The van der Waals surface area contributed by atoms with Crippen LogP contribution >= 0.6 is 11.6 Å². The van der Waals surface area contributed by atoms with Crippen molar-refractivity contribution in [3.05, 3.63) is 52.3 Å². The summed E-state index contributed by atoms with van der Waals surface area (Å²) in [5.74, 6) is 0.246. The van der Waals surface area contributed by atoms with Crippen LogP contribution in [-0.2, 0) is 16.6 Å². The van der Waals surface area contributed by atoms with Gasteiger partial charge < -0.3 is 4.74 Å². The van der Waals surface area contributed by atoms with Gasteiger partial charge in [-0.25, -0.2) is 13.6 Å². The Kier molecular flexibility index (Phi) is 4.51. The van der Waals surface area contributed by atoms with Crippen molar-refractivity contribution in [1.29, 1.82) is 0 Å². The van der Waals surface area contributed by atoms with Crippen LogP contribution in [-0.4, -0.2) is 13.4 Å². The molecule has 1 aromatic carbocycles. The average Bonchev–Trinajstić information content (AvgIpc) is 2.37. The zero-order chi connectivity index (χ0) is 15.6. The van der Waals surface area contributed by atoms with E-state index in [9.17, 15) is 8.42 Å². The van der Waals surface area contributed by atoms with Crippen molar-refractivity contribution < 1.29 is 13.2 Å². The summed E-state index contributed by atoms with van der Waals surface area (Å²) in [6, 6.07) is 5.03. The standard InChI is InChI=1S/C14H15ClN2O3S/c1-9-5-10(2)14(13(6-9)21(16,18)19)20-8-11-3-4-17-7-12(11)15/h3-7H,8H2,1-2H3,(H2,16,18,19). The highest BCUT2D eigenvalue weighted by molar-refractivity contribution is 7.89. The SMILES string of the molecule is Cc1cc(C)c(OCc2ccncc2Cl)c(S(N)(=O)=O)c1. The first-order valence-corrected chi connectivity index (χ1v) is 8.06. The minimum absolute atomic E-state index is 0.0230. The fourth-order valence-corrected chi connectivity index (χ4v) is 2.99. The molecule has 0 amide bonds. The molecule has 112 valence electrons. The van der Waals surface area contributed by atoms with Crippen molar-refractivity contribution in [3.8, 4) is 5.75 Å². The Balaban J connectivity index is 2.39. The molecule has 0 unspecified atom stereocenters. The van der Waals surface area contributed by atoms with Gasteiger partial charge in [0.15, 0.2) is 0 Å². The van der Waals surface area contributed by atoms with Crippen LogP contribution in [0, 0.1) is 13.8 Å². The zero-order valence-corrected chi connectivity index (χ0v) is 13.2. The van der Waals surface area contributed by atoms with E-state index in [0.29, 0.717) is 16.1 Å². The molecule has 5 nitrogen and oxygen atoms in total. The lowest BCUT2D eigenvalue weighted by atomic mass is 10.1. The van der Waals surface area contributed by atoms with Crippen LogP contribution in [0.5, 0.6) is 5.75 Å². The summed E-state index contributed by atoms with van der Waals surface area (Å²) in [5, 5.41) is 5.71. The van der Waals surface area contributed by atoms with E-state index in [0.717, 1.165) is 5.56 Å². The summed E-state index contributed by atoms with van der Waals surface area (Å²) in [6.07, 6.45) is 3.09. The highest BCUT2D eigenvalue weighted by Gasteiger charge is 2.18. The quantitative estimate of drug-likeness (QED) is 0.936. The Bertz CT molecular complexity index is 776. The van der Waals surface area contributed by atoms with E-state index in [4.69, 9.17) is 21.5 Å². The van der Waals surface area contributed by atoms with Crippen molar-refractivity contribution in [2.75, 3.05) is 0 Å². The largest absolute Gasteiger partial charge is 0.487 e. The van der Waals surface area contributed by atoms with Crippen molar-refractivity contribution >= 4 is 21.6 Å². The number of rotatable bonds is 4. The van der Waals surface area contributed by atoms with Crippen molar-refractivity contribution in [3.63, 3.8) is 0 Å². The van der Waals surface area contributed by atoms with Crippen molar-refractivity contribution in [1.82, 2.24) is 4.98 Å². The molecule has 21 heavy (non-hydrogen) atoms. The lowest BCUT2D eigenvalue weighted by Gasteiger charge is -2.14. The number of hydrogen-bond donors (Lipinski definition) is 1. The fraction of sp³-hybridized carbons (Fsp3) is 0.214. The molecule has 0 radical (unpaired) electrons. The van der Waals surface area contributed by atoms with Crippen LogP contribution in [0.1, 0.15) is 16.7 Å². The number of primary sulfonamides is 1. The van der Waals surface area contributed by atoms with Gasteiger partial charge in [0.2, 0.25) is 10.0 Å². The van der Waals surface area contributed by atoms with Gasteiger partial charge in [0.05, 0.1) is 5.02 Å². The third kappa shape index (κ3) is 3.72. The van der Waals surface area contributed by atoms with Gasteiger partial charge in [-0.3, -0.25) is 4.98 Å². The van der Waals surface area contributed by atoms with Gasteiger partial charge in [-0.05, 0) is 37.1 Å². The van der Waals surface area contributed by atoms with E-state index in [1.54, 1.807) is 26.1 Å². The summed E-state index contributed by atoms with van der Waals surface area (Å²) in [6.45, 7) is 3.70. The molecule has 1 heterocycles. The van der Waals surface area contributed by atoms with E-state index >= 15 is 0 Å². The summed E-state index contributed by atoms with van der Waals surface area (Å²) in [5.41, 5.74) is 2.21. The van der Waals surface area contributed by atoms with Crippen molar-refractivity contribution in [2.24, 2.45) is 5.14 Å². The van der Waals surface area contributed by atoms with Gasteiger partial charge in [0.25, 0.3) is 0 Å². The summed E-state index contributed by atoms with van der Waals surface area (Å²) < 4.78 is 29.0. The number of sulfonamides is 1. The fourth-order valence-electron chi connectivity index (χ4n) is 1.98. The summed E-state index contributed by atoms with van der Waals surface area (Å²) >= 11 is 6.00. The number of nitrogens with zero attached hydrogens (tertiary/aromatic N) is 1. The van der Waals surface area contributed by atoms with E-state index in [1.165, 1.54) is 12.3 Å². The van der Waals surface area contributed by atoms with Crippen molar-refractivity contribution in [2.45, 2.75) is 25.3 Å². The number of pyridine rings is 1. The van der Waals surface area contributed by atoms with Gasteiger partial charge in [-0.15, -0.1) is 0 Å². The first-order chi connectivity index (χ1) is 9.79. The maximum absolute atomic E-state index is 11.7. The predicted octanol–water partition coefficient (Wildman–Crippen LogP) is 2.58. The molecule has 0 aliphatic carbocycles. The number of ether oxygens (including phenoxy) is 1. The Hall–Kier alpha value is -1.63. The maximum Gasteiger partial charge on any atom is 0.241 e. The van der Waals surface area contributed by atoms with Crippen LogP contribution in [0.25, 0.3) is 0 Å². The highest BCUT2D eigenvalue weighted by Crippen LogP contribution is 2.30. The molecule has 0 aliphatic heterocycles. The van der Waals surface area contributed by atoms with E-state index in [2.05, 4.69) is 4.98 Å². The Morgan fingerprint density at radius 1 is 1.33 bits per heavy atom. The first-order valence-electron chi connectivity index (χ1n) is 6.14. The van der Waals surface area contributed by atoms with E-state index in [1.807, 2.05) is 6.07 Å². The topological polar surface area (TPSA) is 82.3 Å². The lowest BCUT2D eigenvalue weighted by molar-refractivity contribution is 0.295. The molecule has 0 atom stereocenters. The van der Waals surface area contributed by atoms with E-state index in [-0.39, 0.29) is 17.3 Å². The maximum atomic E-state index is 11.7. The average molecular weight is 327 g/mol. The number of benzene rings is 1. The van der Waals surface area contributed by atoms with Crippen LogP contribution in [0.15, 0.2) is 35.5 Å². The number of nitrogens with two attached hydrogens (primary N) is 1. The van der Waals surface area contributed by atoms with Crippen LogP contribution in [0.2, 0.25) is 5.02 Å². The Labute approximate surface area is 128 Å². The number of aryl methyl sites for hydroxylation is 2. The molecule has 7 heteroatoms. The molecule has 2 rings (SSSR count). The number of aromatic nitrogens is 1. The van der Waals surface area contributed by atoms with Crippen LogP contribution in [0.4, 0.5) is 0 Å². The number of hydrogen-bond acceptors (Lipinski definition) is 4. The molecule has 0 aliphatic rings. The van der Waals surface area contributed by atoms with Gasteiger partial charge in [-0.1, -0.05) is 17.7 Å². The Morgan fingerprint density at radius 3 is 2.67 bits per heavy atom. The zero-order valence-electron chi connectivity index (χ0n) is 11.6. The molecule has 0 fully saturated rings. The molecule has 2 N–H and O–H groups in total. The smallest absolute Gasteiger partial charge is 0.241 e. The predicted molar refractivity (Wildman–Crippen MR) is 80.9 cm³/mol. The monoisotopic (exact) mass is 326 g/mol. The minimum atomic E-state index is -3.86. The molecule has 1 aromatic heterocycles. The molecule has 0 saturated carbocycles. The highest BCUT2D eigenvalue weighted by atomic mass is 35.5. The van der Waals surface area contributed by atoms with Crippen LogP contribution in [0.3, 0.4) is 0 Å². The lowest BCUT2D eigenvalue weighted by Crippen LogP contribution is -2.15. The van der Waals surface area contributed by atoms with Crippen LogP contribution < -0.4 is 9.88 Å². The second-order valence-electron chi connectivity index (χ2n) is 4.71. The normalized spacial score (nSPS) is 11.4. The third-order valence-corrected chi connectivity index (χ3v) is 4.18. The summed E-state index contributed by atoms with van der Waals surface area (Å²) in [4.78, 5) is 3.86. The first kappa shape index (κ1) is 15.8. The molecular formula is C14H15ClN2O3S. The second-order valence-corrected chi connectivity index (χ2v) is 6.65. The molecule has 2 aromatic rings. The molecule has 0 saturated heterocycles.